The van der Waals surface area contributed by atoms with Gasteiger partial charge in [0.2, 0.25) is 0 Å². The summed E-state index contributed by atoms with van der Waals surface area (Å²) in [6.45, 7) is 6.01. The SMILES string of the molecule is CC(C)C[C@H](C)NC(=O)[C@@H](O)[C@H](O)c1nc2ccccc2s1. The van der Waals surface area contributed by atoms with E-state index in [1.807, 2.05) is 31.2 Å². The first-order chi connectivity index (χ1) is 10.4. The van der Waals surface area contributed by atoms with Crippen molar-refractivity contribution < 1.29 is 15.0 Å². The maximum absolute atomic E-state index is 12.0. The molecule has 0 unspecified atom stereocenters. The van der Waals surface area contributed by atoms with Gasteiger partial charge in [0.15, 0.2) is 6.10 Å². The minimum atomic E-state index is -1.52. The number of hydrogen-bond donors (Lipinski definition) is 3. The lowest BCUT2D eigenvalue weighted by Gasteiger charge is -2.20. The van der Waals surface area contributed by atoms with E-state index in [2.05, 4.69) is 24.1 Å². The predicted molar refractivity (Wildman–Crippen MR) is 87.6 cm³/mol. The van der Waals surface area contributed by atoms with Crippen LogP contribution in [-0.4, -0.2) is 33.3 Å². The zero-order chi connectivity index (χ0) is 16.3. The quantitative estimate of drug-likeness (QED) is 0.762. The van der Waals surface area contributed by atoms with Gasteiger partial charge in [0.1, 0.15) is 11.1 Å². The zero-order valence-electron chi connectivity index (χ0n) is 13.0. The summed E-state index contributed by atoms with van der Waals surface area (Å²) < 4.78 is 0.914. The molecule has 0 aliphatic carbocycles. The maximum Gasteiger partial charge on any atom is 0.252 e. The van der Waals surface area contributed by atoms with E-state index in [0.717, 1.165) is 16.6 Å². The lowest BCUT2D eigenvalue weighted by Crippen LogP contribution is -2.43. The van der Waals surface area contributed by atoms with Crippen molar-refractivity contribution in [3.8, 4) is 0 Å². The second-order valence-corrected chi connectivity index (χ2v) is 7.01. The van der Waals surface area contributed by atoms with Crippen LogP contribution in [0.1, 0.15) is 38.3 Å². The molecule has 0 radical (unpaired) electrons. The third-order valence-electron chi connectivity index (χ3n) is 3.34. The topological polar surface area (TPSA) is 82.5 Å². The summed E-state index contributed by atoms with van der Waals surface area (Å²) in [5, 5.41) is 23.3. The Morgan fingerprint density at radius 2 is 1.95 bits per heavy atom. The van der Waals surface area contributed by atoms with Crippen LogP contribution in [0.5, 0.6) is 0 Å². The third kappa shape index (κ3) is 4.03. The molecule has 1 aromatic carbocycles. The number of nitrogens with one attached hydrogen (secondary N) is 1. The van der Waals surface area contributed by atoms with Crippen molar-refractivity contribution in [1.29, 1.82) is 0 Å². The van der Waals surface area contributed by atoms with Crippen molar-refractivity contribution in [2.45, 2.75) is 45.4 Å². The molecule has 1 amide bonds. The molecular formula is C16H22N2O3S. The highest BCUT2D eigenvalue weighted by molar-refractivity contribution is 7.18. The second kappa shape index (κ2) is 7.17. The van der Waals surface area contributed by atoms with Gasteiger partial charge in [-0.1, -0.05) is 26.0 Å². The standard InChI is InChI=1S/C16H22N2O3S/c1-9(2)8-10(3)17-15(21)13(19)14(20)16-18-11-6-4-5-7-12(11)22-16/h4-7,9-10,13-14,19-20H,8H2,1-3H3,(H,17,21)/t10-,13-,14-/m0/s1. The van der Waals surface area contributed by atoms with E-state index in [1.165, 1.54) is 11.3 Å². The largest absolute Gasteiger partial charge is 0.383 e. The number of thiazole rings is 1. The van der Waals surface area contributed by atoms with Crippen LogP contribution in [0.25, 0.3) is 10.2 Å². The molecule has 22 heavy (non-hydrogen) atoms. The Bertz CT molecular complexity index is 608. The number of amides is 1. The first-order valence-corrected chi connectivity index (χ1v) is 8.22. The smallest absolute Gasteiger partial charge is 0.252 e. The highest BCUT2D eigenvalue weighted by Crippen LogP contribution is 2.28. The number of carbonyl (C=O) groups excluding carboxylic acids is 1. The number of para-hydroxylation sites is 1. The van der Waals surface area contributed by atoms with Crippen LogP contribution in [0.4, 0.5) is 0 Å². The number of rotatable bonds is 6. The molecule has 120 valence electrons. The second-order valence-electron chi connectivity index (χ2n) is 5.95. The molecule has 0 fully saturated rings. The average molecular weight is 322 g/mol. The van der Waals surface area contributed by atoms with Gasteiger partial charge in [-0.05, 0) is 31.4 Å². The van der Waals surface area contributed by atoms with Gasteiger partial charge in [-0.3, -0.25) is 4.79 Å². The first kappa shape index (κ1) is 16.9. The van der Waals surface area contributed by atoms with Crippen LogP contribution >= 0.6 is 11.3 Å². The van der Waals surface area contributed by atoms with Crippen LogP contribution in [0.2, 0.25) is 0 Å². The molecule has 0 spiro atoms. The molecule has 2 rings (SSSR count). The van der Waals surface area contributed by atoms with E-state index >= 15 is 0 Å². The Labute approximate surface area is 134 Å². The van der Waals surface area contributed by atoms with Gasteiger partial charge >= 0.3 is 0 Å². The first-order valence-electron chi connectivity index (χ1n) is 7.40. The number of fused-ring (bicyclic) bond motifs is 1. The Balaban J connectivity index is 2.04. The number of aliphatic hydroxyl groups is 2. The molecule has 2 aromatic rings. The molecule has 1 heterocycles. The molecule has 6 heteroatoms. The van der Waals surface area contributed by atoms with E-state index in [-0.39, 0.29) is 6.04 Å². The highest BCUT2D eigenvalue weighted by atomic mass is 32.1. The fraction of sp³-hybridized carbons (Fsp3) is 0.500. The number of hydrogen-bond acceptors (Lipinski definition) is 5. The summed E-state index contributed by atoms with van der Waals surface area (Å²) in [6, 6.07) is 7.41. The fourth-order valence-corrected chi connectivity index (χ4v) is 3.37. The molecule has 0 aliphatic rings. The lowest BCUT2D eigenvalue weighted by molar-refractivity contribution is -0.136. The summed E-state index contributed by atoms with van der Waals surface area (Å²) in [4.78, 5) is 16.3. The Morgan fingerprint density at radius 3 is 2.59 bits per heavy atom. The van der Waals surface area contributed by atoms with Gasteiger partial charge in [0.25, 0.3) is 5.91 Å². The minimum Gasteiger partial charge on any atom is -0.383 e. The number of nitrogens with zero attached hydrogens (tertiary/aromatic N) is 1. The van der Waals surface area contributed by atoms with E-state index in [1.54, 1.807) is 0 Å². The van der Waals surface area contributed by atoms with Crippen molar-refractivity contribution in [3.63, 3.8) is 0 Å². The molecule has 3 N–H and O–H groups in total. The summed E-state index contributed by atoms with van der Waals surface area (Å²) in [6.07, 6.45) is -2.02. The van der Waals surface area contributed by atoms with Crippen LogP contribution in [0.3, 0.4) is 0 Å². The summed E-state index contributed by atoms with van der Waals surface area (Å²) in [7, 11) is 0. The summed E-state index contributed by atoms with van der Waals surface area (Å²) in [5.41, 5.74) is 0.752. The van der Waals surface area contributed by atoms with Crippen molar-refractivity contribution in [1.82, 2.24) is 10.3 Å². The number of aliphatic hydroxyl groups excluding tert-OH is 2. The molecule has 3 atom stereocenters. The molecule has 0 saturated carbocycles. The highest BCUT2D eigenvalue weighted by Gasteiger charge is 2.29. The van der Waals surface area contributed by atoms with Crippen LogP contribution < -0.4 is 5.32 Å². The Kier molecular flexibility index (Phi) is 5.50. The van der Waals surface area contributed by atoms with Gasteiger partial charge in [-0.25, -0.2) is 4.98 Å². The fourth-order valence-electron chi connectivity index (χ4n) is 2.39. The van der Waals surface area contributed by atoms with Gasteiger partial charge in [0.05, 0.1) is 10.2 Å². The van der Waals surface area contributed by atoms with Gasteiger partial charge < -0.3 is 15.5 Å². The van der Waals surface area contributed by atoms with Gasteiger partial charge in [0, 0.05) is 6.04 Å². The van der Waals surface area contributed by atoms with Gasteiger partial charge in [-0.2, -0.15) is 0 Å². The molecule has 0 saturated heterocycles. The third-order valence-corrected chi connectivity index (χ3v) is 4.45. The number of benzene rings is 1. The molecule has 0 bridgehead atoms. The normalized spacial score (nSPS) is 15.7. The van der Waals surface area contributed by atoms with Crippen molar-refractivity contribution in [3.05, 3.63) is 29.3 Å². The van der Waals surface area contributed by atoms with E-state index in [4.69, 9.17) is 0 Å². The average Bonchev–Trinajstić information content (AvgIpc) is 2.88. The van der Waals surface area contributed by atoms with Crippen molar-refractivity contribution in [2.75, 3.05) is 0 Å². The Morgan fingerprint density at radius 1 is 1.27 bits per heavy atom. The molecule has 1 aromatic heterocycles. The maximum atomic E-state index is 12.0. The monoisotopic (exact) mass is 322 g/mol. The van der Waals surface area contributed by atoms with Crippen LogP contribution in [0.15, 0.2) is 24.3 Å². The van der Waals surface area contributed by atoms with E-state index in [9.17, 15) is 15.0 Å². The molecule has 0 aliphatic heterocycles. The van der Waals surface area contributed by atoms with E-state index in [0.29, 0.717) is 10.9 Å². The van der Waals surface area contributed by atoms with Crippen LogP contribution in [0, 0.1) is 5.92 Å². The van der Waals surface area contributed by atoms with E-state index < -0.39 is 18.1 Å². The summed E-state index contributed by atoms with van der Waals surface area (Å²) in [5.74, 6) is -0.124. The lowest BCUT2D eigenvalue weighted by atomic mass is 10.0. The molecular weight excluding hydrogens is 300 g/mol. The summed E-state index contributed by atoms with van der Waals surface area (Å²) >= 11 is 1.28. The zero-order valence-corrected chi connectivity index (χ0v) is 13.8. The van der Waals surface area contributed by atoms with Gasteiger partial charge in [-0.15, -0.1) is 11.3 Å². The molecule has 5 nitrogen and oxygen atoms in total. The minimum absolute atomic E-state index is 0.0512. The van der Waals surface area contributed by atoms with Crippen LogP contribution in [-0.2, 0) is 4.79 Å². The predicted octanol–water partition coefficient (Wildman–Crippen LogP) is 2.24. The Hall–Kier alpha value is -1.50. The number of carbonyl (C=O) groups is 1. The van der Waals surface area contributed by atoms with Crippen molar-refractivity contribution >= 4 is 27.5 Å². The van der Waals surface area contributed by atoms with Crippen molar-refractivity contribution in [2.24, 2.45) is 5.92 Å². The number of aromatic nitrogens is 1.